The Morgan fingerprint density at radius 2 is 1.82 bits per heavy atom. The van der Waals surface area contributed by atoms with Crippen molar-refractivity contribution in [3.8, 4) is 17.2 Å². The average Bonchev–Trinajstić information content (AvgIpc) is 3.29. The second-order valence-electron chi connectivity index (χ2n) is 7.82. The summed E-state index contributed by atoms with van der Waals surface area (Å²) in [5.41, 5.74) is 4.66. The van der Waals surface area contributed by atoms with Crippen molar-refractivity contribution in [2.75, 3.05) is 12.4 Å². The molecule has 0 bridgehead atoms. The first kappa shape index (κ1) is 22.6. The second kappa shape index (κ2) is 9.24. The van der Waals surface area contributed by atoms with E-state index in [2.05, 4.69) is 55.2 Å². The van der Waals surface area contributed by atoms with Crippen molar-refractivity contribution in [2.24, 2.45) is 0 Å². The Hall–Kier alpha value is -3.16. The van der Waals surface area contributed by atoms with E-state index in [9.17, 15) is 4.79 Å². The van der Waals surface area contributed by atoms with Crippen LogP contribution in [0.4, 0.5) is 5.69 Å². The summed E-state index contributed by atoms with van der Waals surface area (Å²) in [6, 6.07) is 21.2. The standard InChI is InChI=1S/C27H20Br2N2O3/c1-3-15-12-21(28)25-22(13-15)31-27(34-25)16-8-10-18(11-9-16)30-26(32)20-14-17-6-4-5-7-19(17)23(29)24(20)33-2/h4-14H,3H2,1-2H3,(H,30,32). The Labute approximate surface area is 213 Å². The number of anilines is 1. The molecule has 0 aliphatic heterocycles. The fourth-order valence-electron chi connectivity index (χ4n) is 3.92. The van der Waals surface area contributed by atoms with Crippen LogP contribution in [-0.4, -0.2) is 18.0 Å². The highest BCUT2D eigenvalue weighted by Gasteiger charge is 2.19. The van der Waals surface area contributed by atoms with E-state index in [4.69, 9.17) is 9.15 Å². The molecule has 34 heavy (non-hydrogen) atoms. The number of nitrogens with one attached hydrogen (secondary N) is 1. The van der Waals surface area contributed by atoms with Gasteiger partial charge in [0.2, 0.25) is 5.89 Å². The number of rotatable bonds is 5. The summed E-state index contributed by atoms with van der Waals surface area (Å²) in [6.45, 7) is 2.10. The van der Waals surface area contributed by atoms with Crippen molar-refractivity contribution in [3.63, 3.8) is 0 Å². The van der Waals surface area contributed by atoms with Gasteiger partial charge in [0.25, 0.3) is 5.91 Å². The first-order valence-corrected chi connectivity index (χ1v) is 12.3. The lowest BCUT2D eigenvalue weighted by atomic mass is 10.0. The minimum Gasteiger partial charge on any atom is -0.495 e. The number of fused-ring (bicyclic) bond motifs is 2. The van der Waals surface area contributed by atoms with Crippen LogP contribution in [0.1, 0.15) is 22.8 Å². The highest BCUT2D eigenvalue weighted by atomic mass is 79.9. The quantitative estimate of drug-likeness (QED) is 0.229. The van der Waals surface area contributed by atoms with E-state index in [1.165, 1.54) is 5.56 Å². The van der Waals surface area contributed by atoms with E-state index in [0.29, 0.717) is 22.9 Å². The Bertz CT molecular complexity index is 1540. The van der Waals surface area contributed by atoms with Crippen molar-refractivity contribution in [3.05, 3.63) is 86.8 Å². The Morgan fingerprint density at radius 1 is 1.06 bits per heavy atom. The maximum Gasteiger partial charge on any atom is 0.259 e. The molecule has 0 saturated heterocycles. The van der Waals surface area contributed by atoms with E-state index in [0.717, 1.165) is 42.8 Å². The van der Waals surface area contributed by atoms with Gasteiger partial charge in [-0.3, -0.25) is 4.79 Å². The minimum atomic E-state index is -0.256. The van der Waals surface area contributed by atoms with Gasteiger partial charge in [-0.2, -0.15) is 0 Å². The molecule has 1 N–H and O–H groups in total. The summed E-state index contributed by atoms with van der Waals surface area (Å²) >= 11 is 7.16. The molecule has 1 heterocycles. The maximum atomic E-state index is 13.1. The number of ether oxygens (including phenoxy) is 1. The monoisotopic (exact) mass is 578 g/mol. The smallest absolute Gasteiger partial charge is 0.259 e. The van der Waals surface area contributed by atoms with Crippen LogP contribution < -0.4 is 10.1 Å². The van der Waals surface area contributed by atoms with Crippen LogP contribution in [0, 0.1) is 0 Å². The van der Waals surface area contributed by atoms with Gasteiger partial charge in [0.15, 0.2) is 5.58 Å². The molecule has 7 heteroatoms. The molecule has 0 atom stereocenters. The SMILES string of the molecule is CCc1cc(Br)c2oc(-c3ccc(NC(=O)c4cc5ccccc5c(Br)c4OC)cc3)nc2c1. The third kappa shape index (κ3) is 4.10. The number of methoxy groups -OCH3 is 1. The first-order valence-electron chi connectivity index (χ1n) is 10.7. The van der Waals surface area contributed by atoms with E-state index in [-0.39, 0.29) is 5.91 Å². The minimum absolute atomic E-state index is 0.256. The van der Waals surface area contributed by atoms with Crippen molar-refractivity contribution in [1.29, 1.82) is 0 Å². The van der Waals surface area contributed by atoms with Crippen molar-refractivity contribution < 1.29 is 13.9 Å². The number of halogens is 2. The number of benzene rings is 4. The van der Waals surface area contributed by atoms with Crippen LogP contribution in [0.15, 0.2) is 80.1 Å². The fraction of sp³-hybridized carbons (Fsp3) is 0.111. The number of aromatic nitrogens is 1. The van der Waals surface area contributed by atoms with Gasteiger partial charge in [0.1, 0.15) is 11.3 Å². The molecule has 5 nitrogen and oxygen atoms in total. The summed E-state index contributed by atoms with van der Waals surface area (Å²) < 4.78 is 13.2. The third-order valence-electron chi connectivity index (χ3n) is 5.69. The predicted molar refractivity (Wildman–Crippen MR) is 143 cm³/mol. The second-order valence-corrected chi connectivity index (χ2v) is 9.47. The van der Waals surface area contributed by atoms with E-state index in [1.54, 1.807) is 7.11 Å². The maximum absolute atomic E-state index is 13.1. The Kier molecular flexibility index (Phi) is 6.15. The number of aryl methyl sites for hydroxylation is 1. The van der Waals surface area contributed by atoms with Gasteiger partial charge in [-0.1, -0.05) is 31.2 Å². The normalized spacial score (nSPS) is 11.2. The molecule has 0 unspecified atom stereocenters. The van der Waals surface area contributed by atoms with Gasteiger partial charge in [0, 0.05) is 11.3 Å². The summed E-state index contributed by atoms with van der Waals surface area (Å²) in [7, 11) is 1.56. The van der Waals surface area contributed by atoms with E-state index >= 15 is 0 Å². The van der Waals surface area contributed by atoms with Crippen molar-refractivity contribution >= 4 is 65.3 Å². The lowest BCUT2D eigenvalue weighted by molar-refractivity contribution is 0.102. The Balaban J connectivity index is 1.42. The van der Waals surface area contributed by atoms with Crippen LogP contribution in [0.2, 0.25) is 0 Å². The lowest BCUT2D eigenvalue weighted by Gasteiger charge is -2.13. The topological polar surface area (TPSA) is 64.4 Å². The molecule has 5 rings (SSSR count). The van der Waals surface area contributed by atoms with Crippen LogP contribution in [-0.2, 0) is 6.42 Å². The molecule has 0 fully saturated rings. The average molecular weight is 580 g/mol. The summed E-state index contributed by atoms with van der Waals surface area (Å²) in [6.07, 6.45) is 0.920. The van der Waals surface area contributed by atoms with Gasteiger partial charge < -0.3 is 14.5 Å². The zero-order valence-corrected chi connectivity index (χ0v) is 21.7. The summed E-state index contributed by atoms with van der Waals surface area (Å²) in [4.78, 5) is 17.8. The molecule has 170 valence electrons. The van der Waals surface area contributed by atoms with Crippen LogP contribution in [0.3, 0.4) is 0 Å². The summed E-state index contributed by atoms with van der Waals surface area (Å²) in [5.74, 6) is 0.771. The number of hydrogen-bond donors (Lipinski definition) is 1. The van der Waals surface area contributed by atoms with Gasteiger partial charge in [-0.05, 0) is 97.1 Å². The molecule has 0 spiro atoms. The number of nitrogens with zero attached hydrogens (tertiary/aromatic N) is 1. The number of oxazole rings is 1. The van der Waals surface area contributed by atoms with Crippen LogP contribution in [0.5, 0.6) is 5.75 Å². The number of amides is 1. The molecule has 5 aromatic rings. The van der Waals surface area contributed by atoms with Crippen LogP contribution in [0.25, 0.3) is 33.3 Å². The molecular formula is C27H20Br2N2O3. The number of carbonyl (C=O) groups is 1. The fourth-order valence-corrected chi connectivity index (χ4v) is 5.24. The largest absolute Gasteiger partial charge is 0.495 e. The Morgan fingerprint density at radius 3 is 2.56 bits per heavy atom. The first-order chi connectivity index (χ1) is 16.5. The van der Waals surface area contributed by atoms with Crippen molar-refractivity contribution in [2.45, 2.75) is 13.3 Å². The van der Waals surface area contributed by atoms with Gasteiger partial charge >= 0.3 is 0 Å². The summed E-state index contributed by atoms with van der Waals surface area (Å²) in [5, 5.41) is 4.89. The zero-order valence-electron chi connectivity index (χ0n) is 18.5. The molecular weight excluding hydrogens is 560 g/mol. The number of carbonyl (C=O) groups excluding carboxylic acids is 1. The highest BCUT2D eigenvalue weighted by Crippen LogP contribution is 2.37. The van der Waals surface area contributed by atoms with Gasteiger partial charge in [-0.25, -0.2) is 4.98 Å². The zero-order chi connectivity index (χ0) is 23.8. The predicted octanol–water partition coefficient (Wildman–Crippen LogP) is 8.00. The molecule has 1 amide bonds. The van der Waals surface area contributed by atoms with E-state index in [1.807, 2.05) is 60.7 Å². The van der Waals surface area contributed by atoms with E-state index < -0.39 is 0 Å². The highest BCUT2D eigenvalue weighted by molar-refractivity contribution is 9.11. The third-order valence-corrected chi connectivity index (χ3v) is 7.07. The molecule has 0 aliphatic carbocycles. The van der Waals surface area contributed by atoms with Crippen LogP contribution >= 0.6 is 31.9 Å². The molecule has 0 aliphatic rings. The molecule has 4 aromatic carbocycles. The molecule has 0 radical (unpaired) electrons. The molecule has 1 aromatic heterocycles. The number of hydrogen-bond acceptors (Lipinski definition) is 4. The molecule has 0 saturated carbocycles. The van der Waals surface area contributed by atoms with Crippen molar-refractivity contribution in [1.82, 2.24) is 4.98 Å². The van der Waals surface area contributed by atoms with Gasteiger partial charge in [-0.15, -0.1) is 0 Å². The lowest BCUT2D eigenvalue weighted by Crippen LogP contribution is -2.13. The van der Waals surface area contributed by atoms with Gasteiger partial charge in [0.05, 0.1) is 21.6 Å².